The Morgan fingerprint density at radius 2 is 1.73 bits per heavy atom. The molecular weight excluding hydrogens is 348 g/mol. The molecule has 0 aliphatic rings. The highest BCUT2D eigenvalue weighted by Gasteiger charge is 2.14. The van der Waals surface area contributed by atoms with Crippen molar-refractivity contribution in [3.05, 3.63) is 76.7 Å². The highest BCUT2D eigenvalue weighted by atomic mass is 32.2. The molecule has 130 valence electrons. The number of para-hydroxylation sites is 2. The van der Waals surface area contributed by atoms with Gasteiger partial charge in [-0.25, -0.2) is 4.98 Å². The van der Waals surface area contributed by atoms with Gasteiger partial charge in [0.1, 0.15) is 0 Å². The van der Waals surface area contributed by atoms with E-state index in [1.165, 1.54) is 11.8 Å². The van der Waals surface area contributed by atoms with E-state index in [-0.39, 0.29) is 5.56 Å². The number of rotatable bonds is 5. The molecular formula is C19H16N4O2S. The van der Waals surface area contributed by atoms with Crippen LogP contribution in [0.2, 0.25) is 0 Å². The summed E-state index contributed by atoms with van der Waals surface area (Å²) in [5, 5.41) is 9.20. The number of thioether (sulfide) groups is 1. The van der Waals surface area contributed by atoms with E-state index < -0.39 is 0 Å². The summed E-state index contributed by atoms with van der Waals surface area (Å²) in [5.74, 6) is 1.58. The zero-order valence-electron chi connectivity index (χ0n) is 14.1. The topological polar surface area (TPSA) is 73.8 Å². The predicted molar refractivity (Wildman–Crippen MR) is 101 cm³/mol. The number of fused-ring (bicyclic) bond motifs is 1. The molecule has 2 heterocycles. The Kier molecular flexibility index (Phi) is 4.53. The Morgan fingerprint density at radius 3 is 2.50 bits per heavy atom. The summed E-state index contributed by atoms with van der Waals surface area (Å²) in [6.45, 7) is 1.96. The molecule has 4 rings (SSSR count). The van der Waals surface area contributed by atoms with E-state index in [9.17, 15) is 4.79 Å². The molecule has 0 saturated heterocycles. The van der Waals surface area contributed by atoms with Crippen molar-refractivity contribution in [1.29, 1.82) is 0 Å². The van der Waals surface area contributed by atoms with Crippen LogP contribution in [0.15, 0.2) is 69.0 Å². The fourth-order valence-electron chi connectivity index (χ4n) is 2.63. The van der Waals surface area contributed by atoms with Gasteiger partial charge in [-0.15, -0.1) is 10.2 Å². The molecule has 0 aliphatic heterocycles. The summed E-state index contributed by atoms with van der Waals surface area (Å²) >= 11 is 1.40. The van der Waals surface area contributed by atoms with Crippen molar-refractivity contribution < 1.29 is 4.42 Å². The van der Waals surface area contributed by atoms with Crippen LogP contribution < -0.4 is 5.56 Å². The van der Waals surface area contributed by atoms with Crippen LogP contribution in [0.4, 0.5) is 0 Å². The van der Waals surface area contributed by atoms with Crippen molar-refractivity contribution in [3.63, 3.8) is 0 Å². The molecule has 0 atom stereocenters. The molecule has 0 saturated carbocycles. The van der Waals surface area contributed by atoms with Crippen LogP contribution in [-0.2, 0) is 12.2 Å². The van der Waals surface area contributed by atoms with Crippen molar-refractivity contribution in [1.82, 2.24) is 19.7 Å². The fraction of sp³-hybridized carbons (Fsp3) is 0.158. The molecule has 4 aromatic rings. The number of aryl methyl sites for hydroxylation is 1. The van der Waals surface area contributed by atoms with Crippen molar-refractivity contribution in [3.8, 4) is 5.69 Å². The van der Waals surface area contributed by atoms with E-state index in [2.05, 4.69) is 10.2 Å². The third-order valence-corrected chi connectivity index (χ3v) is 4.82. The smallest absolute Gasteiger partial charge is 0.266 e. The third kappa shape index (κ3) is 3.13. The molecule has 6 nitrogen and oxygen atoms in total. The van der Waals surface area contributed by atoms with E-state index in [0.29, 0.717) is 40.0 Å². The van der Waals surface area contributed by atoms with Gasteiger partial charge in [0.05, 0.1) is 22.3 Å². The summed E-state index contributed by atoms with van der Waals surface area (Å²) in [7, 11) is 0. The average molecular weight is 364 g/mol. The lowest BCUT2D eigenvalue weighted by molar-refractivity contribution is 0.469. The quantitative estimate of drug-likeness (QED) is 0.398. The summed E-state index contributed by atoms with van der Waals surface area (Å²) in [6.07, 6.45) is 0.695. The highest BCUT2D eigenvalue weighted by Crippen LogP contribution is 2.24. The minimum absolute atomic E-state index is 0.0934. The maximum Gasteiger partial charge on any atom is 0.266 e. The number of aromatic nitrogens is 4. The van der Waals surface area contributed by atoms with Crippen molar-refractivity contribution >= 4 is 22.7 Å². The van der Waals surface area contributed by atoms with Gasteiger partial charge in [0, 0.05) is 6.42 Å². The predicted octanol–water partition coefficient (Wildman–Crippen LogP) is 3.62. The van der Waals surface area contributed by atoms with E-state index >= 15 is 0 Å². The van der Waals surface area contributed by atoms with Crippen molar-refractivity contribution in [2.75, 3.05) is 0 Å². The zero-order chi connectivity index (χ0) is 17.9. The van der Waals surface area contributed by atoms with E-state index in [4.69, 9.17) is 9.40 Å². The number of hydrogen-bond acceptors (Lipinski definition) is 6. The number of nitrogens with zero attached hydrogens (tertiary/aromatic N) is 4. The summed E-state index contributed by atoms with van der Waals surface area (Å²) in [4.78, 5) is 17.8. The highest BCUT2D eigenvalue weighted by molar-refractivity contribution is 7.98. The van der Waals surface area contributed by atoms with Crippen molar-refractivity contribution in [2.24, 2.45) is 0 Å². The van der Waals surface area contributed by atoms with Gasteiger partial charge in [0.15, 0.2) is 5.16 Å². The van der Waals surface area contributed by atoms with Gasteiger partial charge < -0.3 is 4.42 Å². The van der Waals surface area contributed by atoms with Crippen LogP contribution in [-0.4, -0.2) is 19.7 Å². The molecule has 0 unspecified atom stereocenters. The molecule has 2 aromatic carbocycles. The lowest BCUT2D eigenvalue weighted by Crippen LogP contribution is -2.21. The Morgan fingerprint density at radius 1 is 1.00 bits per heavy atom. The number of benzene rings is 2. The average Bonchev–Trinajstić information content (AvgIpc) is 3.15. The first-order valence-electron chi connectivity index (χ1n) is 8.27. The normalized spacial score (nSPS) is 11.1. The molecule has 0 spiro atoms. The lowest BCUT2D eigenvalue weighted by atomic mass is 10.2. The molecule has 7 heteroatoms. The summed E-state index contributed by atoms with van der Waals surface area (Å²) < 4.78 is 7.19. The monoisotopic (exact) mass is 364 g/mol. The second-order valence-electron chi connectivity index (χ2n) is 5.62. The lowest BCUT2D eigenvalue weighted by Gasteiger charge is -2.12. The van der Waals surface area contributed by atoms with Crippen LogP contribution in [0.1, 0.15) is 18.7 Å². The summed E-state index contributed by atoms with van der Waals surface area (Å²) in [5.41, 5.74) is 1.36. The fourth-order valence-corrected chi connectivity index (χ4v) is 3.48. The minimum atomic E-state index is -0.0934. The van der Waals surface area contributed by atoms with Gasteiger partial charge in [-0.2, -0.15) is 0 Å². The summed E-state index contributed by atoms with van der Waals surface area (Å²) in [6, 6.07) is 16.9. The first-order chi connectivity index (χ1) is 12.8. The van der Waals surface area contributed by atoms with Gasteiger partial charge in [-0.1, -0.05) is 49.0 Å². The third-order valence-electron chi connectivity index (χ3n) is 3.90. The van der Waals surface area contributed by atoms with Gasteiger partial charge >= 0.3 is 0 Å². The molecule has 26 heavy (non-hydrogen) atoms. The Balaban J connectivity index is 1.80. The molecule has 0 bridgehead atoms. The molecule has 0 N–H and O–H groups in total. The molecule has 0 amide bonds. The minimum Gasteiger partial charge on any atom is -0.424 e. The van der Waals surface area contributed by atoms with Crippen LogP contribution in [0.3, 0.4) is 0 Å². The zero-order valence-corrected chi connectivity index (χ0v) is 14.9. The van der Waals surface area contributed by atoms with Gasteiger partial charge in [-0.05, 0) is 24.3 Å². The van der Waals surface area contributed by atoms with Crippen LogP contribution in [0.5, 0.6) is 0 Å². The van der Waals surface area contributed by atoms with Crippen LogP contribution in [0.25, 0.3) is 16.6 Å². The molecule has 0 radical (unpaired) electrons. The van der Waals surface area contributed by atoms with Crippen LogP contribution >= 0.6 is 11.8 Å². The first kappa shape index (κ1) is 16.5. The number of hydrogen-bond donors (Lipinski definition) is 0. The Hall–Kier alpha value is -2.93. The molecule has 0 aliphatic carbocycles. The van der Waals surface area contributed by atoms with E-state index in [0.717, 1.165) is 5.69 Å². The standard InChI is InChI=1S/C19H16N4O2S/c1-2-16-21-22-17(25-16)12-26-19-20-15-11-7-6-10-14(15)18(24)23(19)13-8-4-3-5-9-13/h3-11H,2,12H2,1H3. The van der Waals surface area contributed by atoms with E-state index in [1.807, 2.05) is 55.5 Å². The van der Waals surface area contributed by atoms with E-state index in [1.54, 1.807) is 10.6 Å². The van der Waals surface area contributed by atoms with Gasteiger partial charge in [0.25, 0.3) is 5.56 Å². The molecule has 0 fully saturated rings. The Labute approximate surface area is 153 Å². The maximum atomic E-state index is 13.1. The second kappa shape index (κ2) is 7.13. The van der Waals surface area contributed by atoms with Crippen molar-refractivity contribution in [2.45, 2.75) is 24.3 Å². The van der Waals surface area contributed by atoms with Gasteiger partial charge in [0.2, 0.25) is 11.8 Å². The largest absolute Gasteiger partial charge is 0.424 e. The maximum absolute atomic E-state index is 13.1. The Bertz CT molecular complexity index is 1110. The van der Waals surface area contributed by atoms with Crippen LogP contribution in [0, 0.1) is 0 Å². The van der Waals surface area contributed by atoms with Gasteiger partial charge in [-0.3, -0.25) is 9.36 Å². The SMILES string of the molecule is CCc1nnc(CSc2nc3ccccc3c(=O)n2-c2ccccc2)o1. The first-order valence-corrected chi connectivity index (χ1v) is 9.26. The second-order valence-corrected chi connectivity index (χ2v) is 6.56. The molecule has 2 aromatic heterocycles.